The van der Waals surface area contributed by atoms with Crippen molar-refractivity contribution < 1.29 is 4.74 Å². The maximum absolute atomic E-state index is 11.4. The predicted molar refractivity (Wildman–Crippen MR) is 86.8 cm³/mol. The Bertz CT molecular complexity index is 858. The average Bonchev–Trinajstić information content (AvgIpc) is 2.86. The standard InChI is InChI=1S/C17H17N3O2/c1-10-8-13(22-4)9-11(2)15(10)16-17(19-21)20-12(3)6-5-7-14(20)18-16/h5-9H,1-4H3. The molecule has 0 aliphatic carbocycles. The van der Waals surface area contributed by atoms with E-state index in [1.807, 2.05) is 51.1 Å². The first kappa shape index (κ1) is 14.3. The van der Waals surface area contributed by atoms with E-state index in [0.29, 0.717) is 11.5 Å². The SMILES string of the molecule is COc1cc(C)c(-c2nc3cccc(C)n3c2N=O)c(C)c1. The van der Waals surface area contributed by atoms with Crippen molar-refractivity contribution >= 4 is 11.5 Å². The van der Waals surface area contributed by atoms with Gasteiger partial charge in [0.05, 0.1) is 7.11 Å². The number of ether oxygens (including phenoxy) is 1. The number of rotatable bonds is 3. The Morgan fingerprint density at radius 1 is 1.14 bits per heavy atom. The highest BCUT2D eigenvalue weighted by Gasteiger charge is 2.19. The lowest BCUT2D eigenvalue weighted by molar-refractivity contribution is 0.414. The maximum atomic E-state index is 11.4. The molecule has 5 heteroatoms. The summed E-state index contributed by atoms with van der Waals surface area (Å²) in [6.45, 7) is 5.90. The summed E-state index contributed by atoms with van der Waals surface area (Å²) in [6, 6.07) is 9.60. The van der Waals surface area contributed by atoms with Gasteiger partial charge in [-0.05, 0) is 61.3 Å². The molecule has 0 spiro atoms. The molecule has 5 nitrogen and oxygen atoms in total. The molecular weight excluding hydrogens is 278 g/mol. The fourth-order valence-corrected chi connectivity index (χ4v) is 2.90. The molecule has 0 saturated carbocycles. The second-order valence-electron chi connectivity index (χ2n) is 5.37. The van der Waals surface area contributed by atoms with E-state index in [9.17, 15) is 4.91 Å². The lowest BCUT2D eigenvalue weighted by atomic mass is 9.99. The van der Waals surface area contributed by atoms with Gasteiger partial charge in [0.1, 0.15) is 17.1 Å². The highest BCUT2D eigenvalue weighted by molar-refractivity contribution is 5.79. The second kappa shape index (κ2) is 5.26. The Morgan fingerprint density at radius 2 is 1.82 bits per heavy atom. The van der Waals surface area contributed by atoms with Crippen molar-refractivity contribution in [3.05, 3.63) is 52.1 Å². The Hall–Kier alpha value is -2.69. The molecule has 0 amide bonds. The van der Waals surface area contributed by atoms with Crippen LogP contribution in [0.4, 0.5) is 5.82 Å². The molecule has 2 aromatic heterocycles. The predicted octanol–water partition coefficient (Wildman–Crippen LogP) is 4.33. The number of hydrogen-bond acceptors (Lipinski definition) is 4. The first-order valence-corrected chi connectivity index (χ1v) is 7.04. The third-order valence-electron chi connectivity index (χ3n) is 3.88. The van der Waals surface area contributed by atoms with Crippen molar-refractivity contribution in [3.8, 4) is 17.0 Å². The highest BCUT2D eigenvalue weighted by atomic mass is 16.5. The first-order valence-electron chi connectivity index (χ1n) is 7.04. The third kappa shape index (κ3) is 2.06. The first-order chi connectivity index (χ1) is 10.6. The number of benzene rings is 1. The molecule has 2 heterocycles. The zero-order chi connectivity index (χ0) is 15.9. The third-order valence-corrected chi connectivity index (χ3v) is 3.88. The lowest BCUT2D eigenvalue weighted by Gasteiger charge is -2.10. The van der Waals surface area contributed by atoms with Crippen LogP contribution in [0.15, 0.2) is 35.5 Å². The van der Waals surface area contributed by atoms with E-state index in [1.54, 1.807) is 11.5 Å². The minimum absolute atomic E-state index is 0.337. The molecule has 0 aliphatic rings. The van der Waals surface area contributed by atoms with Crippen LogP contribution in [0.3, 0.4) is 0 Å². The minimum Gasteiger partial charge on any atom is -0.497 e. The van der Waals surface area contributed by atoms with Crippen LogP contribution in [0, 0.1) is 25.7 Å². The van der Waals surface area contributed by atoms with Crippen molar-refractivity contribution in [2.24, 2.45) is 5.18 Å². The van der Waals surface area contributed by atoms with Gasteiger partial charge in [-0.15, -0.1) is 4.91 Å². The summed E-state index contributed by atoms with van der Waals surface area (Å²) in [6.07, 6.45) is 0. The molecule has 3 rings (SSSR count). The van der Waals surface area contributed by atoms with E-state index >= 15 is 0 Å². The molecule has 0 bridgehead atoms. The number of aromatic nitrogens is 2. The number of aryl methyl sites for hydroxylation is 3. The zero-order valence-corrected chi connectivity index (χ0v) is 13.0. The lowest BCUT2D eigenvalue weighted by Crippen LogP contribution is -1.92. The van der Waals surface area contributed by atoms with E-state index in [1.165, 1.54) is 0 Å². The molecule has 0 N–H and O–H groups in total. The van der Waals surface area contributed by atoms with Crippen LogP contribution in [0.5, 0.6) is 5.75 Å². The molecule has 0 atom stereocenters. The Balaban J connectivity index is 2.36. The fraction of sp³-hybridized carbons (Fsp3) is 0.235. The number of imidazole rings is 1. The zero-order valence-electron chi connectivity index (χ0n) is 13.0. The molecule has 0 unspecified atom stereocenters. The number of hydrogen-bond donors (Lipinski definition) is 0. The average molecular weight is 295 g/mol. The molecule has 0 aliphatic heterocycles. The summed E-state index contributed by atoms with van der Waals surface area (Å²) in [5.41, 5.74) is 5.19. The number of fused-ring (bicyclic) bond motifs is 1. The molecule has 0 radical (unpaired) electrons. The highest BCUT2D eigenvalue weighted by Crippen LogP contribution is 2.37. The van der Waals surface area contributed by atoms with Crippen LogP contribution >= 0.6 is 0 Å². The van der Waals surface area contributed by atoms with Gasteiger partial charge in [-0.3, -0.25) is 4.40 Å². The molecular formula is C17H17N3O2. The molecule has 112 valence electrons. The van der Waals surface area contributed by atoms with Gasteiger partial charge in [-0.2, -0.15) is 0 Å². The van der Waals surface area contributed by atoms with Crippen molar-refractivity contribution in [2.75, 3.05) is 7.11 Å². The monoisotopic (exact) mass is 295 g/mol. The van der Waals surface area contributed by atoms with Crippen LogP contribution in [0.1, 0.15) is 16.8 Å². The molecule has 0 fully saturated rings. The van der Waals surface area contributed by atoms with Gasteiger partial charge in [0, 0.05) is 11.3 Å². The van der Waals surface area contributed by atoms with Gasteiger partial charge in [-0.25, -0.2) is 4.98 Å². The second-order valence-corrected chi connectivity index (χ2v) is 5.37. The van der Waals surface area contributed by atoms with Crippen molar-refractivity contribution in [2.45, 2.75) is 20.8 Å². The van der Waals surface area contributed by atoms with Crippen LogP contribution < -0.4 is 4.74 Å². The molecule has 3 aromatic rings. The van der Waals surface area contributed by atoms with E-state index < -0.39 is 0 Å². The van der Waals surface area contributed by atoms with Gasteiger partial charge in [0.25, 0.3) is 0 Å². The number of methoxy groups -OCH3 is 1. The van der Waals surface area contributed by atoms with E-state index in [-0.39, 0.29) is 0 Å². The van der Waals surface area contributed by atoms with Gasteiger partial charge >= 0.3 is 0 Å². The summed E-state index contributed by atoms with van der Waals surface area (Å²) < 4.78 is 7.07. The summed E-state index contributed by atoms with van der Waals surface area (Å²) in [4.78, 5) is 16.1. The van der Waals surface area contributed by atoms with Crippen molar-refractivity contribution in [3.63, 3.8) is 0 Å². The van der Waals surface area contributed by atoms with E-state index in [2.05, 4.69) is 10.2 Å². The van der Waals surface area contributed by atoms with E-state index in [4.69, 9.17) is 4.74 Å². The summed E-state index contributed by atoms with van der Waals surface area (Å²) in [5.74, 6) is 1.13. The number of pyridine rings is 1. The van der Waals surface area contributed by atoms with Gasteiger partial charge in [-0.1, -0.05) is 6.07 Å². The molecule has 0 saturated heterocycles. The largest absolute Gasteiger partial charge is 0.497 e. The smallest absolute Gasteiger partial charge is 0.209 e. The van der Waals surface area contributed by atoms with Crippen molar-refractivity contribution in [1.82, 2.24) is 9.38 Å². The van der Waals surface area contributed by atoms with Gasteiger partial charge < -0.3 is 4.74 Å². The topological polar surface area (TPSA) is 56.0 Å². The van der Waals surface area contributed by atoms with Gasteiger partial charge in [0.15, 0.2) is 0 Å². The van der Waals surface area contributed by atoms with Crippen LogP contribution in [0.2, 0.25) is 0 Å². The van der Waals surface area contributed by atoms with E-state index in [0.717, 1.165) is 33.8 Å². The maximum Gasteiger partial charge on any atom is 0.209 e. The molecule has 22 heavy (non-hydrogen) atoms. The van der Waals surface area contributed by atoms with Gasteiger partial charge in [0.2, 0.25) is 5.82 Å². The van der Waals surface area contributed by atoms with Crippen molar-refractivity contribution in [1.29, 1.82) is 0 Å². The van der Waals surface area contributed by atoms with Crippen LogP contribution in [-0.2, 0) is 0 Å². The van der Waals surface area contributed by atoms with Crippen LogP contribution in [0.25, 0.3) is 16.9 Å². The Morgan fingerprint density at radius 3 is 2.41 bits per heavy atom. The normalized spacial score (nSPS) is 10.9. The summed E-state index contributed by atoms with van der Waals surface area (Å²) >= 11 is 0. The Labute approximate surface area is 128 Å². The molecule has 1 aromatic carbocycles. The fourth-order valence-electron chi connectivity index (χ4n) is 2.90. The quantitative estimate of drug-likeness (QED) is 0.676. The number of nitrogens with zero attached hydrogens (tertiary/aromatic N) is 3. The minimum atomic E-state index is 0.337. The van der Waals surface area contributed by atoms with Crippen LogP contribution in [-0.4, -0.2) is 16.5 Å². The number of nitroso groups, excluding NO2 is 1. The summed E-state index contributed by atoms with van der Waals surface area (Å²) in [5, 5.41) is 3.24. The summed E-state index contributed by atoms with van der Waals surface area (Å²) in [7, 11) is 1.64. The Kier molecular flexibility index (Phi) is 3.41.